The summed E-state index contributed by atoms with van der Waals surface area (Å²) >= 11 is 0. The maximum Gasteiger partial charge on any atom is 0.240 e. The van der Waals surface area contributed by atoms with E-state index < -0.39 is 0 Å². The highest BCUT2D eigenvalue weighted by Crippen LogP contribution is 2.23. The van der Waals surface area contributed by atoms with Crippen molar-refractivity contribution in [2.45, 2.75) is 6.42 Å². The first-order valence-corrected chi connectivity index (χ1v) is 3.77. The summed E-state index contributed by atoms with van der Waals surface area (Å²) in [6.07, 6.45) is 6.65. The van der Waals surface area contributed by atoms with Crippen LogP contribution in [-0.2, 0) is 11.2 Å². The molecule has 0 aromatic heterocycles. The standard InChI is InChI=1S/C10H7NO/c12-7-11-10-5-4-8-2-1-3-9(8)6-10/h1,3-6H,2H2. The number of hydrogen-bond donors (Lipinski definition) is 0. The zero-order valence-corrected chi connectivity index (χ0v) is 6.45. The van der Waals surface area contributed by atoms with Crippen LogP contribution >= 0.6 is 0 Å². The van der Waals surface area contributed by atoms with Crippen molar-refractivity contribution in [3.05, 3.63) is 35.4 Å². The van der Waals surface area contributed by atoms with Crippen molar-refractivity contribution >= 4 is 17.8 Å². The van der Waals surface area contributed by atoms with Crippen LogP contribution in [0.3, 0.4) is 0 Å². The van der Waals surface area contributed by atoms with Crippen molar-refractivity contribution in [3.63, 3.8) is 0 Å². The quantitative estimate of drug-likeness (QED) is 0.454. The molecule has 0 fully saturated rings. The number of isocyanates is 1. The first-order chi connectivity index (χ1) is 5.90. The molecule has 0 aliphatic heterocycles. The number of hydrogen-bond acceptors (Lipinski definition) is 2. The van der Waals surface area contributed by atoms with Gasteiger partial charge in [-0.2, -0.15) is 4.99 Å². The van der Waals surface area contributed by atoms with Gasteiger partial charge in [0.25, 0.3) is 0 Å². The number of allylic oxidation sites excluding steroid dienone is 1. The summed E-state index contributed by atoms with van der Waals surface area (Å²) in [5, 5.41) is 0. The summed E-state index contributed by atoms with van der Waals surface area (Å²) in [4.78, 5) is 13.5. The van der Waals surface area contributed by atoms with Crippen molar-refractivity contribution < 1.29 is 4.79 Å². The van der Waals surface area contributed by atoms with Crippen LogP contribution in [0.2, 0.25) is 0 Å². The van der Waals surface area contributed by atoms with Gasteiger partial charge in [-0.3, -0.25) is 0 Å². The molecule has 1 aliphatic rings. The number of fused-ring (bicyclic) bond motifs is 1. The zero-order valence-electron chi connectivity index (χ0n) is 6.45. The Hall–Kier alpha value is -1.66. The maximum absolute atomic E-state index is 9.96. The minimum absolute atomic E-state index is 0.676. The summed E-state index contributed by atoms with van der Waals surface area (Å²) in [6, 6.07) is 5.71. The number of rotatable bonds is 1. The lowest BCUT2D eigenvalue weighted by Crippen LogP contribution is -1.78. The first kappa shape index (κ1) is 7.01. The van der Waals surface area contributed by atoms with Crippen LogP contribution < -0.4 is 0 Å². The molecule has 0 saturated heterocycles. The van der Waals surface area contributed by atoms with Crippen LogP contribution in [0, 0.1) is 0 Å². The molecule has 0 N–H and O–H groups in total. The Kier molecular flexibility index (Phi) is 1.61. The van der Waals surface area contributed by atoms with Crippen molar-refractivity contribution in [3.8, 4) is 0 Å². The Morgan fingerprint density at radius 3 is 3.17 bits per heavy atom. The average molecular weight is 157 g/mol. The monoisotopic (exact) mass is 157 g/mol. The largest absolute Gasteiger partial charge is 0.240 e. The van der Waals surface area contributed by atoms with E-state index in [2.05, 4.69) is 11.1 Å². The van der Waals surface area contributed by atoms with E-state index in [1.807, 2.05) is 24.3 Å². The lowest BCUT2D eigenvalue weighted by Gasteiger charge is -1.97. The third-order valence-electron chi connectivity index (χ3n) is 1.94. The SMILES string of the molecule is O=C=Nc1ccc2c(c1)C=CC2. The Labute approximate surface area is 70.3 Å². The molecule has 0 atom stereocenters. The van der Waals surface area contributed by atoms with Crippen molar-refractivity contribution in [1.29, 1.82) is 0 Å². The lowest BCUT2D eigenvalue weighted by atomic mass is 10.1. The maximum atomic E-state index is 9.96. The highest BCUT2D eigenvalue weighted by Gasteiger charge is 2.04. The third-order valence-corrected chi connectivity index (χ3v) is 1.94. The van der Waals surface area contributed by atoms with E-state index in [1.54, 1.807) is 0 Å². The summed E-state index contributed by atoms with van der Waals surface area (Å²) in [6.45, 7) is 0. The van der Waals surface area contributed by atoms with Crippen molar-refractivity contribution in [2.24, 2.45) is 4.99 Å². The van der Waals surface area contributed by atoms with Gasteiger partial charge in [0.1, 0.15) is 0 Å². The second kappa shape index (κ2) is 2.76. The number of carbonyl (C=O) groups excluding carboxylic acids is 1. The second-order valence-electron chi connectivity index (χ2n) is 2.69. The molecule has 0 bridgehead atoms. The molecule has 0 radical (unpaired) electrons. The molecule has 2 nitrogen and oxygen atoms in total. The summed E-state index contributed by atoms with van der Waals surface area (Å²) in [5.41, 5.74) is 3.13. The Morgan fingerprint density at radius 2 is 2.33 bits per heavy atom. The molecule has 0 heterocycles. The van der Waals surface area contributed by atoms with Crippen LogP contribution in [0.4, 0.5) is 5.69 Å². The molecular weight excluding hydrogens is 150 g/mol. The first-order valence-electron chi connectivity index (χ1n) is 3.77. The second-order valence-corrected chi connectivity index (χ2v) is 2.69. The molecule has 0 spiro atoms. The molecule has 1 aromatic rings. The molecular formula is C10H7NO. The summed E-state index contributed by atoms with van der Waals surface area (Å²) in [5.74, 6) is 0. The summed E-state index contributed by atoms with van der Waals surface area (Å²) < 4.78 is 0. The Morgan fingerprint density at radius 1 is 1.42 bits per heavy atom. The molecule has 12 heavy (non-hydrogen) atoms. The van der Waals surface area contributed by atoms with Gasteiger partial charge in [-0.15, -0.1) is 0 Å². The van der Waals surface area contributed by atoms with Crippen LogP contribution in [-0.4, -0.2) is 6.08 Å². The molecule has 0 unspecified atom stereocenters. The minimum atomic E-state index is 0.676. The van der Waals surface area contributed by atoms with Gasteiger partial charge >= 0.3 is 0 Å². The van der Waals surface area contributed by atoms with Crippen LogP contribution in [0.5, 0.6) is 0 Å². The van der Waals surface area contributed by atoms with Gasteiger partial charge in [-0.1, -0.05) is 18.2 Å². The zero-order chi connectivity index (χ0) is 8.39. The van der Waals surface area contributed by atoms with Gasteiger partial charge in [0.15, 0.2) is 0 Å². The molecule has 0 amide bonds. The van der Waals surface area contributed by atoms with Crippen LogP contribution in [0.25, 0.3) is 6.08 Å². The predicted molar refractivity (Wildman–Crippen MR) is 47.0 cm³/mol. The Bertz CT molecular complexity index is 387. The number of benzene rings is 1. The molecule has 1 aliphatic carbocycles. The van der Waals surface area contributed by atoms with Gasteiger partial charge in [-0.05, 0) is 29.7 Å². The average Bonchev–Trinajstić information content (AvgIpc) is 2.51. The van der Waals surface area contributed by atoms with Gasteiger partial charge in [0.2, 0.25) is 6.08 Å². The topological polar surface area (TPSA) is 29.4 Å². The molecule has 2 heteroatoms. The van der Waals surface area contributed by atoms with Gasteiger partial charge in [0.05, 0.1) is 5.69 Å². The lowest BCUT2D eigenvalue weighted by molar-refractivity contribution is 0.565. The van der Waals surface area contributed by atoms with E-state index in [9.17, 15) is 4.79 Å². The normalized spacial score (nSPS) is 12.3. The molecule has 0 saturated carbocycles. The Balaban J connectivity index is 2.50. The van der Waals surface area contributed by atoms with Gasteiger partial charge in [0, 0.05) is 0 Å². The fourth-order valence-corrected chi connectivity index (χ4v) is 1.36. The molecule has 1 aromatic carbocycles. The van der Waals surface area contributed by atoms with Crippen molar-refractivity contribution in [2.75, 3.05) is 0 Å². The van der Waals surface area contributed by atoms with E-state index in [0.717, 1.165) is 12.0 Å². The number of nitrogens with zero attached hydrogens (tertiary/aromatic N) is 1. The third kappa shape index (κ3) is 1.09. The van der Waals surface area contributed by atoms with E-state index >= 15 is 0 Å². The smallest absolute Gasteiger partial charge is 0.211 e. The van der Waals surface area contributed by atoms with E-state index in [0.29, 0.717) is 5.69 Å². The minimum Gasteiger partial charge on any atom is -0.211 e. The number of aliphatic imine (C=N–C) groups is 1. The highest BCUT2D eigenvalue weighted by molar-refractivity contribution is 5.65. The van der Waals surface area contributed by atoms with Crippen LogP contribution in [0.15, 0.2) is 29.3 Å². The van der Waals surface area contributed by atoms with Crippen LogP contribution in [0.1, 0.15) is 11.1 Å². The molecule has 2 rings (SSSR count). The van der Waals surface area contributed by atoms with Crippen molar-refractivity contribution in [1.82, 2.24) is 0 Å². The predicted octanol–water partition coefficient (Wildman–Crippen LogP) is 2.22. The van der Waals surface area contributed by atoms with Gasteiger partial charge < -0.3 is 0 Å². The van der Waals surface area contributed by atoms with E-state index in [1.165, 1.54) is 11.6 Å². The highest BCUT2D eigenvalue weighted by atomic mass is 16.1. The van der Waals surface area contributed by atoms with E-state index in [-0.39, 0.29) is 0 Å². The van der Waals surface area contributed by atoms with E-state index in [4.69, 9.17) is 0 Å². The fraction of sp³-hybridized carbons (Fsp3) is 0.100. The fourth-order valence-electron chi connectivity index (χ4n) is 1.36. The van der Waals surface area contributed by atoms with Gasteiger partial charge in [-0.25, -0.2) is 4.79 Å². The summed E-state index contributed by atoms with van der Waals surface area (Å²) in [7, 11) is 0. The molecule has 58 valence electrons.